The third kappa shape index (κ3) is 3.95. The van der Waals surface area contributed by atoms with Crippen LogP contribution in [0.4, 0.5) is 0 Å². The largest absolute Gasteiger partial charge is 0.339 e. The van der Waals surface area contributed by atoms with Crippen molar-refractivity contribution in [2.24, 2.45) is 7.05 Å². The Morgan fingerprint density at radius 1 is 1.55 bits per heavy atom. The molecule has 1 unspecified atom stereocenters. The van der Waals surface area contributed by atoms with Gasteiger partial charge in [-0.3, -0.25) is 19.4 Å². The van der Waals surface area contributed by atoms with Crippen LogP contribution < -0.4 is 16.4 Å². The molecule has 1 aromatic heterocycles. The number of aromatic amines is 1. The fraction of sp³-hybridized carbons (Fsp3) is 0.667. The number of hydrogen-bond donors (Lipinski definition) is 2. The second-order valence-electron chi connectivity index (χ2n) is 4.45. The molecule has 1 aromatic rings. The molecule has 0 fully saturated rings. The van der Waals surface area contributed by atoms with E-state index in [-0.39, 0.29) is 0 Å². The molecular formula is C12H19N5O2S. The lowest BCUT2D eigenvalue weighted by Crippen LogP contribution is -2.40. The van der Waals surface area contributed by atoms with Gasteiger partial charge in [0.05, 0.1) is 6.07 Å². The molecule has 7 nitrogen and oxygen atoms in total. The van der Waals surface area contributed by atoms with Gasteiger partial charge in [0.1, 0.15) is 5.54 Å². The monoisotopic (exact) mass is 297 g/mol. The number of thioether (sulfide) groups is 1. The van der Waals surface area contributed by atoms with Gasteiger partial charge in [-0.05, 0) is 26.3 Å². The smallest absolute Gasteiger partial charge is 0.302 e. The summed E-state index contributed by atoms with van der Waals surface area (Å²) in [5, 5.41) is 15.1. The fourth-order valence-electron chi connectivity index (χ4n) is 1.80. The Balaban J connectivity index is 2.58. The van der Waals surface area contributed by atoms with Crippen molar-refractivity contribution in [2.75, 3.05) is 12.8 Å². The third-order valence-electron chi connectivity index (χ3n) is 3.22. The predicted octanol–water partition coefficient (Wildman–Crippen LogP) is 0.233. The standard InChI is InChI=1S/C12H19N5O2S/c1-4-12(8-13,14-2)6-5-7-20-11-15-9(18)10(19)16-17(11)3/h14H,4-7H2,1-3H3,(H,16,19). The summed E-state index contributed by atoms with van der Waals surface area (Å²) in [6.07, 6.45) is 2.27. The zero-order valence-electron chi connectivity index (χ0n) is 11.9. The van der Waals surface area contributed by atoms with Crippen molar-refractivity contribution in [3.05, 3.63) is 20.7 Å². The Labute approximate surface area is 121 Å². The molecule has 0 aliphatic carbocycles. The lowest BCUT2D eigenvalue weighted by Gasteiger charge is -2.24. The zero-order valence-corrected chi connectivity index (χ0v) is 12.7. The summed E-state index contributed by atoms with van der Waals surface area (Å²) >= 11 is 1.39. The number of nitrogens with zero attached hydrogens (tertiary/aromatic N) is 3. The van der Waals surface area contributed by atoms with E-state index in [1.54, 1.807) is 14.1 Å². The van der Waals surface area contributed by atoms with Crippen LogP contribution in [-0.2, 0) is 7.05 Å². The molecule has 0 amide bonds. The summed E-state index contributed by atoms with van der Waals surface area (Å²) in [7, 11) is 3.42. The second kappa shape index (κ2) is 7.26. The van der Waals surface area contributed by atoms with Crippen LogP contribution >= 0.6 is 11.8 Å². The first-order valence-electron chi connectivity index (χ1n) is 6.38. The summed E-state index contributed by atoms with van der Waals surface area (Å²) in [6.45, 7) is 1.97. The van der Waals surface area contributed by atoms with E-state index in [9.17, 15) is 14.9 Å². The van der Waals surface area contributed by atoms with E-state index in [4.69, 9.17) is 0 Å². The van der Waals surface area contributed by atoms with Gasteiger partial charge in [-0.25, -0.2) is 0 Å². The molecule has 0 saturated heterocycles. The minimum atomic E-state index is -0.777. The number of rotatable bonds is 7. The molecule has 0 saturated carbocycles. The Hall–Kier alpha value is -1.59. The molecule has 0 aromatic carbocycles. The molecule has 0 radical (unpaired) electrons. The Morgan fingerprint density at radius 3 is 2.80 bits per heavy atom. The number of nitrogens with one attached hydrogen (secondary N) is 2. The lowest BCUT2D eigenvalue weighted by atomic mass is 9.93. The van der Waals surface area contributed by atoms with Gasteiger partial charge < -0.3 is 5.32 Å². The van der Waals surface area contributed by atoms with E-state index in [0.717, 1.165) is 25.0 Å². The predicted molar refractivity (Wildman–Crippen MR) is 77.8 cm³/mol. The summed E-state index contributed by atoms with van der Waals surface area (Å²) in [5.41, 5.74) is -1.99. The molecule has 0 aliphatic rings. The lowest BCUT2D eigenvalue weighted by molar-refractivity contribution is 0.400. The summed E-state index contributed by atoms with van der Waals surface area (Å²) in [6, 6.07) is 2.30. The van der Waals surface area contributed by atoms with Crippen LogP contribution in [0, 0.1) is 11.3 Å². The van der Waals surface area contributed by atoms with E-state index in [1.807, 2.05) is 6.92 Å². The van der Waals surface area contributed by atoms with Gasteiger partial charge >= 0.3 is 11.1 Å². The first-order chi connectivity index (χ1) is 9.48. The molecule has 20 heavy (non-hydrogen) atoms. The van der Waals surface area contributed by atoms with Crippen molar-refractivity contribution in [1.82, 2.24) is 20.1 Å². The van der Waals surface area contributed by atoms with Crippen LogP contribution in [0.2, 0.25) is 0 Å². The minimum Gasteiger partial charge on any atom is -0.302 e. The number of aromatic nitrogens is 3. The number of aryl methyl sites for hydroxylation is 1. The quantitative estimate of drug-likeness (QED) is 0.424. The van der Waals surface area contributed by atoms with E-state index < -0.39 is 16.7 Å². The van der Waals surface area contributed by atoms with Gasteiger partial charge in [0.15, 0.2) is 5.16 Å². The van der Waals surface area contributed by atoms with Crippen molar-refractivity contribution in [2.45, 2.75) is 36.9 Å². The van der Waals surface area contributed by atoms with Crippen molar-refractivity contribution in [3.8, 4) is 6.07 Å². The summed E-state index contributed by atoms with van der Waals surface area (Å²) in [5.74, 6) is 0.720. The fourth-order valence-corrected chi connectivity index (χ4v) is 2.65. The Bertz CT molecular complexity index is 597. The van der Waals surface area contributed by atoms with Crippen molar-refractivity contribution in [3.63, 3.8) is 0 Å². The molecule has 1 atom stereocenters. The average molecular weight is 297 g/mol. The SMILES string of the molecule is CCC(C#N)(CCCSc1nc(=O)c(=O)[nH]n1C)NC. The van der Waals surface area contributed by atoms with Gasteiger partial charge in [0.25, 0.3) is 0 Å². The highest BCUT2D eigenvalue weighted by Gasteiger charge is 2.24. The molecule has 0 spiro atoms. The number of H-pyrrole nitrogens is 1. The maximum absolute atomic E-state index is 11.2. The van der Waals surface area contributed by atoms with E-state index >= 15 is 0 Å². The van der Waals surface area contributed by atoms with Crippen LogP contribution in [0.15, 0.2) is 14.7 Å². The molecule has 0 bridgehead atoms. The first kappa shape index (κ1) is 16.5. The average Bonchev–Trinajstić information content (AvgIpc) is 2.45. The van der Waals surface area contributed by atoms with Crippen LogP contribution in [0.25, 0.3) is 0 Å². The van der Waals surface area contributed by atoms with Crippen molar-refractivity contribution in [1.29, 1.82) is 5.26 Å². The van der Waals surface area contributed by atoms with Gasteiger partial charge in [0.2, 0.25) is 0 Å². The summed E-state index contributed by atoms with van der Waals surface area (Å²) < 4.78 is 1.43. The van der Waals surface area contributed by atoms with Gasteiger partial charge in [-0.15, -0.1) is 0 Å². The Morgan fingerprint density at radius 2 is 2.25 bits per heavy atom. The van der Waals surface area contributed by atoms with Crippen molar-refractivity contribution < 1.29 is 0 Å². The first-order valence-corrected chi connectivity index (χ1v) is 7.37. The van der Waals surface area contributed by atoms with Crippen LogP contribution in [-0.4, -0.2) is 33.1 Å². The van der Waals surface area contributed by atoms with Gasteiger partial charge in [-0.1, -0.05) is 18.7 Å². The number of hydrogen-bond acceptors (Lipinski definition) is 6. The topological polar surface area (TPSA) is 104 Å². The molecule has 110 valence electrons. The second-order valence-corrected chi connectivity index (χ2v) is 5.51. The maximum Gasteiger partial charge on any atom is 0.339 e. The molecule has 8 heteroatoms. The zero-order chi connectivity index (χ0) is 15.2. The molecule has 0 aliphatic heterocycles. The van der Waals surface area contributed by atoms with Crippen LogP contribution in [0.5, 0.6) is 0 Å². The highest BCUT2D eigenvalue weighted by atomic mass is 32.2. The van der Waals surface area contributed by atoms with Crippen molar-refractivity contribution >= 4 is 11.8 Å². The van der Waals surface area contributed by atoms with E-state index in [2.05, 4.69) is 21.5 Å². The highest BCUT2D eigenvalue weighted by Crippen LogP contribution is 2.20. The molecule has 1 rings (SSSR count). The third-order valence-corrected chi connectivity index (χ3v) is 4.34. The highest BCUT2D eigenvalue weighted by molar-refractivity contribution is 7.99. The minimum absolute atomic E-state index is 0.470. The maximum atomic E-state index is 11.2. The normalized spacial score (nSPS) is 13.7. The molecular weight excluding hydrogens is 278 g/mol. The Kier molecular flexibility index (Phi) is 5.98. The van der Waals surface area contributed by atoms with E-state index in [1.165, 1.54) is 16.4 Å². The van der Waals surface area contributed by atoms with Crippen LogP contribution in [0.3, 0.4) is 0 Å². The summed E-state index contributed by atoms with van der Waals surface area (Å²) in [4.78, 5) is 26.0. The molecule has 1 heterocycles. The van der Waals surface area contributed by atoms with E-state index in [0.29, 0.717) is 5.16 Å². The molecule has 2 N–H and O–H groups in total. The van der Waals surface area contributed by atoms with Gasteiger partial charge in [-0.2, -0.15) is 10.2 Å². The van der Waals surface area contributed by atoms with Gasteiger partial charge in [0, 0.05) is 12.8 Å². The van der Waals surface area contributed by atoms with Crippen LogP contribution in [0.1, 0.15) is 26.2 Å². The number of nitriles is 1.